The molecule has 0 saturated carbocycles. The van der Waals surface area contributed by atoms with Gasteiger partial charge in [0.2, 0.25) is 0 Å². The van der Waals surface area contributed by atoms with E-state index in [1.165, 1.54) is 0 Å². The monoisotopic (exact) mass is 548 g/mol. The molecule has 8 heteroatoms. The molecule has 0 N–H and O–H groups in total. The predicted molar refractivity (Wildman–Crippen MR) is 152 cm³/mol. The second-order valence-corrected chi connectivity index (χ2v) is 12.7. The van der Waals surface area contributed by atoms with Gasteiger partial charge in [0.15, 0.2) is 0 Å². The van der Waals surface area contributed by atoms with Gasteiger partial charge in [-0.3, -0.25) is 4.57 Å². The van der Waals surface area contributed by atoms with Gasteiger partial charge >= 0.3 is 0 Å². The van der Waals surface area contributed by atoms with Gasteiger partial charge < -0.3 is 28.2 Å². The number of hydrogen-bond acceptors (Lipinski definition) is 7. The Bertz CT molecular complexity index is 936. The van der Waals surface area contributed by atoms with E-state index in [0.717, 1.165) is 12.8 Å². The van der Waals surface area contributed by atoms with Gasteiger partial charge in [-0.1, -0.05) is 52.0 Å². The molecule has 0 bridgehead atoms. The van der Waals surface area contributed by atoms with Gasteiger partial charge in [0, 0.05) is 0 Å². The summed E-state index contributed by atoms with van der Waals surface area (Å²) in [6, 6.07) is 14.8. The Hall–Kier alpha value is -1.89. The highest BCUT2D eigenvalue weighted by atomic mass is 31.2. The fourth-order valence-electron chi connectivity index (χ4n) is 4.53. The third kappa shape index (κ3) is 9.10. The van der Waals surface area contributed by atoms with E-state index >= 15 is 0 Å². The minimum atomic E-state index is -3.55. The zero-order valence-corrected chi connectivity index (χ0v) is 24.5. The lowest BCUT2D eigenvalue weighted by Crippen LogP contribution is -2.30. The van der Waals surface area contributed by atoms with Crippen LogP contribution in [0.5, 0.6) is 11.5 Å². The van der Waals surface area contributed by atoms with Crippen LogP contribution in [0.1, 0.15) is 47.5 Å². The summed E-state index contributed by atoms with van der Waals surface area (Å²) < 4.78 is 51.4. The Kier molecular flexibility index (Phi) is 12.6. The SMILES string of the molecule is CCOP1(=O)c2ccccc2OC[C@H](CC(C)C)OCCOCCO[C@@H](CC(C)C)COc2ccccc21. The van der Waals surface area contributed by atoms with Crippen LogP contribution in [0.3, 0.4) is 0 Å². The van der Waals surface area contributed by atoms with Crippen LogP contribution >= 0.6 is 7.37 Å². The van der Waals surface area contributed by atoms with Gasteiger partial charge in [0.05, 0.1) is 55.9 Å². The Balaban J connectivity index is 2.00. The summed E-state index contributed by atoms with van der Waals surface area (Å²) in [5, 5.41) is 1.03. The highest BCUT2D eigenvalue weighted by Crippen LogP contribution is 2.49. The van der Waals surface area contributed by atoms with Crippen molar-refractivity contribution >= 4 is 18.0 Å². The smallest absolute Gasteiger partial charge is 0.268 e. The molecule has 7 nitrogen and oxygen atoms in total. The number of ether oxygens (including phenoxy) is 5. The fourth-order valence-corrected chi connectivity index (χ4v) is 6.85. The van der Waals surface area contributed by atoms with E-state index in [1.54, 1.807) is 0 Å². The van der Waals surface area contributed by atoms with Crippen LogP contribution in [0, 0.1) is 11.8 Å². The summed E-state index contributed by atoms with van der Waals surface area (Å²) in [4.78, 5) is 0. The highest BCUT2D eigenvalue weighted by molar-refractivity contribution is 7.74. The first-order valence-electron chi connectivity index (χ1n) is 13.8. The molecule has 0 fully saturated rings. The summed E-state index contributed by atoms with van der Waals surface area (Å²) in [5.74, 6) is 1.91. The predicted octanol–water partition coefficient (Wildman–Crippen LogP) is 5.60. The molecule has 38 heavy (non-hydrogen) atoms. The Morgan fingerprint density at radius 3 is 1.63 bits per heavy atom. The molecule has 0 saturated heterocycles. The molecule has 1 aliphatic rings. The molecule has 3 rings (SSSR count). The minimum absolute atomic E-state index is 0.126. The molecule has 1 heterocycles. The van der Waals surface area contributed by atoms with Gasteiger partial charge in [0.25, 0.3) is 7.37 Å². The first kappa shape index (κ1) is 30.6. The molecular formula is C30H45O7P. The molecular weight excluding hydrogens is 503 g/mol. The van der Waals surface area contributed by atoms with Crippen molar-refractivity contribution in [2.24, 2.45) is 11.8 Å². The van der Waals surface area contributed by atoms with Crippen molar-refractivity contribution < 1.29 is 32.8 Å². The number of fused-ring (bicyclic) bond motifs is 2. The van der Waals surface area contributed by atoms with Crippen LogP contribution < -0.4 is 20.1 Å². The normalized spacial score (nSPS) is 21.4. The van der Waals surface area contributed by atoms with Crippen molar-refractivity contribution in [2.45, 2.75) is 59.7 Å². The largest absolute Gasteiger partial charge is 0.490 e. The topological polar surface area (TPSA) is 72.5 Å². The maximum Gasteiger partial charge on any atom is 0.268 e. The van der Waals surface area contributed by atoms with Crippen molar-refractivity contribution in [2.75, 3.05) is 46.2 Å². The molecule has 0 spiro atoms. The van der Waals surface area contributed by atoms with Crippen LogP contribution in [0.15, 0.2) is 48.5 Å². The zero-order chi connectivity index (χ0) is 27.4. The lowest BCUT2D eigenvalue weighted by Gasteiger charge is -2.26. The van der Waals surface area contributed by atoms with E-state index in [2.05, 4.69) is 27.7 Å². The van der Waals surface area contributed by atoms with E-state index in [1.807, 2.05) is 55.5 Å². The van der Waals surface area contributed by atoms with Crippen molar-refractivity contribution in [3.63, 3.8) is 0 Å². The van der Waals surface area contributed by atoms with Crippen LogP contribution in [0.25, 0.3) is 0 Å². The number of benzene rings is 2. The summed E-state index contributed by atoms with van der Waals surface area (Å²) in [7, 11) is -3.55. The Morgan fingerprint density at radius 1 is 0.763 bits per heavy atom. The maximum atomic E-state index is 14.7. The van der Waals surface area contributed by atoms with Crippen LogP contribution in [0.4, 0.5) is 0 Å². The van der Waals surface area contributed by atoms with Crippen molar-refractivity contribution in [1.29, 1.82) is 0 Å². The standard InChI is InChI=1S/C30H45O7P/c1-6-37-38(31)29-13-9-7-11-27(29)35-21-25(19-23(2)3)33-17-15-32-16-18-34-26(20-24(4)5)22-36-28-12-8-10-14-30(28)38/h7-14,23-26H,6,15-22H2,1-5H3/t25-,26-/m0/s1. The van der Waals surface area contributed by atoms with Gasteiger partial charge in [-0.25, -0.2) is 0 Å². The minimum Gasteiger partial charge on any atom is -0.490 e. The van der Waals surface area contributed by atoms with E-state index in [0.29, 0.717) is 73.6 Å². The third-order valence-electron chi connectivity index (χ3n) is 6.16. The molecule has 1 aliphatic heterocycles. The molecule has 2 atom stereocenters. The van der Waals surface area contributed by atoms with Crippen LogP contribution in [-0.2, 0) is 23.3 Å². The average molecular weight is 549 g/mol. The Labute approximate surface area is 228 Å². The van der Waals surface area contributed by atoms with E-state index < -0.39 is 7.37 Å². The number of hydrogen-bond donors (Lipinski definition) is 0. The summed E-state index contributed by atoms with van der Waals surface area (Å²) in [5.41, 5.74) is 0. The molecule has 2 aromatic rings. The van der Waals surface area contributed by atoms with Crippen molar-refractivity contribution in [3.05, 3.63) is 48.5 Å². The lowest BCUT2D eigenvalue weighted by molar-refractivity contribution is -0.0477. The third-order valence-corrected chi connectivity index (χ3v) is 8.79. The quantitative estimate of drug-likeness (QED) is 0.435. The number of para-hydroxylation sites is 2. The van der Waals surface area contributed by atoms with Crippen LogP contribution in [-0.4, -0.2) is 58.5 Å². The first-order chi connectivity index (χ1) is 18.3. The summed E-state index contributed by atoms with van der Waals surface area (Å²) in [6.45, 7) is 13.3. The molecule has 0 amide bonds. The highest BCUT2D eigenvalue weighted by Gasteiger charge is 2.35. The van der Waals surface area contributed by atoms with Gasteiger partial charge in [-0.15, -0.1) is 0 Å². The van der Waals surface area contributed by atoms with Gasteiger partial charge in [-0.2, -0.15) is 0 Å². The molecule has 0 radical (unpaired) electrons. The molecule has 0 aliphatic carbocycles. The second-order valence-electron chi connectivity index (χ2n) is 10.4. The van der Waals surface area contributed by atoms with E-state index in [9.17, 15) is 4.57 Å². The average Bonchev–Trinajstić information content (AvgIpc) is 2.89. The van der Waals surface area contributed by atoms with Gasteiger partial charge in [-0.05, 0) is 55.9 Å². The van der Waals surface area contributed by atoms with Crippen molar-refractivity contribution in [1.82, 2.24) is 0 Å². The van der Waals surface area contributed by atoms with Crippen LogP contribution in [0.2, 0.25) is 0 Å². The number of rotatable bonds is 6. The van der Waals surface area contributed by atoms with Crippen molar-refractivity contribution in [3.8, 4) is 11.5 Å². The summed E-state index contributed by atoms with van der Waals surface area (Å²) in [6.07, 6.45) is 1.42. The molecule has 0 unspecified atom stereocenters. The first-order valence-corrected chi connectivity index (χ1v) is 15.5. The Morgan fingerprint density at radius 2 is 1.21 bits per heavy atom. The maximum absolute atomic E-state index is 14.7. The molecule has 0 aromatic heterocycles. The fraction of sp³-hybridized carbons (Fsp3) is 0.600. The molecule has 2 aromatic carbocycles. The molecule has 212 valence electrons. The van der Waals surface area contributed by atoms with E-state index in [4.69, 9.17) is 28.2 Å². The van der Waals surface area contributed by atoms with E-state index in [-0.39, 0.29) is 18.8 Å². The lowest BCUT2D eigenvalue weighted by atomic mass is 10.1. The van der Waals surface area contributed by atoms with Gasteiger partial charge in [0.1, 0.15) is 24.7 Å². The second kappa shape index (κ2) is 15.6. The summed E-state index contributed by atoms with van der Waals surface area (Å²) >= 11 is 0. The zero-order valence-electron chi connectivity index (χ0n) is 23.6.